The van der Waals surface area contributed by atoms with Crippen LogP contribution < -0.4 is 4.74 Å². The number of hydrogen-bond acceptors (Lipinski definition) is 5. The Hall–Kier alpha value is -1.76. The van der Waals surface area contributed by atoms with Gasteiger partial charge in [-0.15, -0.1) is 0 Å². The van der Waals surface area contributed by atoms with Crippen LogP contribution >= 0.6 is 15.9 Å². The quantitative estimate of drug-likeness (QED) is 0.537. The molecule has 1 aliphatic rings. The van der Waals surface area contributed by atoms with Crippen molar-refractivity contribution in [2.75, 3.05) is 20.2 Å². The number of esters is 1. The van der Waals surface area contributed by atoms with Crippen molar-refractivity contribution in [1.82, 2.24) is 4.90 Å². The summed E-state index contributed by atoms with van der Waals surface area (Å²) in [4.78, 5) is 27.3. The lowest BCUT2D eigenvalue weighted by molar-refractivity contribution is -0.161. The molecule has 6 nitrogen and oxygen atoms in total. The van der Waals surface area contributed by atoms with E-state index in [1.54, 1.807) is 12.0 Å². The first-order valence-corrected chi connectivity index (χ1v) is 11.1. The number of nitrogens with zero attached hydrogens (tertiary/aromatic N) is 1. The molecule has 168 valence electrons. The summed E-state index contributed by atoms with van der Waals surface area (Å²) in [5.74, 6) is 0.0743. The van der Waals surface area contributed by atoms with E-state index in [0.29, 0.717) is 19.5 Å². The Bertz CT molecular complexity index is 766. The highest BCUT2D eigenvalue weighted by Gasteiger charge is 2.39. The largest absolute Gasteiger partial charge is 0.496 e. The van der Waals surface area contributed by atoms with Crippen molar-refractivity contribution in [2.24, 2.45) is 11.8 Å². The Balaban J connectivity index is 2.24. The smallest absolute Gasteiger partial charge is 0.410 e. The number of halogens is 1. The van der Waals surface area contributed by atoms with Crippen LogP contribution in [0.25, 0.3) is 0 Å². The fourth-order valence-corrected chi connectivity index (χ4v) is 3.98. The molecule has 0 aromatic heterocycles. The molecule has 0 unspecified atom stereocenters. The molecule has 1 saturated heterocycles. The van der Waals surface area contributed by atoms with E-state index >= 15 is 0 Å². The van der Waals surface area contributed by atoms with Crippen LogP contribution in [-0.4, -0.2) is 48.4 Å². The third-order valence-electron chi connectivity index (χ3n) is 4.84. The second-order valence-corrected chi connectivity index (χ2v) is 10.7. The number of carbonyl (C=O) groups excluding carboxylic acids is 2. The molecule has 1 amide bonds. The van der Waals surface area contributed by atoms with Gasteiger partial charge in [0, 0.05) is 17.6 Å². The molecule has 1 aromatic rings. The molecule has 0 spiro atoms. The molecule has 0 radical (unpaired) electrons. The molecular weight excluding hydrogens is 450 g/mol. The van der Waals surface area contributed by atoms with Gasteiger partial charge in [0.25, 0.3) is 0 Å². The highest BCUT2D eigenvalue weighted by atomic mass is 79.9. The molecule has 0 saturated carbocycles. The van der Waals surface area contributed by atoms with Crippen LogP contribution in [0.2, 0.25) is 0 Å². The van der Waals surface area contributed by atoms with Gasteiger partial charge >= 0.3 is 12.1 Å². The van der Waals surface area contributed by atoms with Crippen LogP contribution in [0, 0.1) is 11.8 Å². The summed E-state index contributed by atoms with van der Waals surface area (Å²) >= 11 is 3.50. The Morgan fingerprint density at radius 2 is 1.77 bits per heavy atom. The number of carbonyl (C=O) groups is 2. The van der Waals surface area contributed by atoms with Crippen LogP contribution in [0.15, 0.2) is 22.7 Å². The zero-order valence-corrected chi connectivity index (χ0v) is 20.7. The molecule has 1 aromatic carbocycles. The van der Waals surface area contributed by atoms with Gasteiger partial charge in [0.05, 0.1) is 13.0 Å². The third-order valence-corrected chi connectivity index (χ3v) is 5.33. The topological polar surface area (TPSA) is 65.1 Å². The summed E-state index contributed by atoms with van der Waals surface area (Å²) in [6.07, 6.45) is 0.858. The fraction of sp³-hybridized carbons (Fsp3) is 0.652. The Labute approximate surface area is 188 Å². The normalized spacial score (nSPS) is 18.1. The lowest BCUT2D eigenvalue weighted by atomic mass is 9.85. The van der Waals surface area contributed by atoms with Crippen LogP contribution in [-0.2, 0) is 20.7 Å². The van der Waals surface area contributed by atoms with E-state index < -0.39 is 11.2 Å². The van der Waals surface area contributed by atoms with Gasteiger partial charge in [-0.2, -0.15) is 0 Å². The van der Waals surface area contributed by atoms with Crippen molar-refractivity contribution in [3.05, 3.63) is 28.2 Å². The molecular formula is C23H34BrNO5. The average molecular weight is 484 g/mol. The van der Waals surface area contributed by atoms with E-state index in [2.05, 4.69) is 15.9 Å². The number of hydrogen-bond donors (Lipinski definition) is 0. The maximum absolute atomic E-state index is 13.1. The van der Waals surface area contributed by atoms with E-state index in [4.69, 9.17) is 14.2 Å². The first-order valence-electron chi connectivity index (χ1n) is 10.3. The lowest BCUT2D eigenvalue weighted by Gasteiger charge is -2.28. The first kappa shape index (κ1) is 24.5. The fourth-order valence-electron chi connectivity index (χ4n) is 3.57. The van der Waals surface area contributed by atoms with Crippen molar-refractivity contribution in [3.8, 4) is 5.75 Å². The van der Waals surface area contributed by atoms with Crippen molar-refractivity contribution in [2.45, 2.75) is 65.6 Å². The number of likely N-dealkylation sites (tertiary alicyclic amines) is 1. The van der Waals surface area contributed by atoms with E-state index in [0.717, 1.165) is 22.2 Å². The average Bonchev–Trinajstić information content (AvgIpc) is 3.06. The second kappa shape index (κ2) is 9.58. The molecule has 7 heteroatoms. The number of ether oxygens (including phenoxy) is 3. The maximum atomic E-state index is 13.1. The van der Waals surface area contributed by atoms with Gasteiger partial charge in [-0.25, -0.2) is 4.79 Å². The molecule has 1 aliphatic heterocycles. The van der Waals surface area contributed by atoms with Gasteiger partial charge in [0.15, 0.2) is 0 Å². The van der Waals surface area contributed by atoms with Crippen LogP contribution in [0.5, 0.6) is 5.75 Å². The number of benzene rings is 1. The number of amides is 1. The highest BCUT2D eigenvalue weighted by Crippen LogP contribution is 2.33. The van der Waals surface area contributed by atoms with Crippen LogP contribution in [0.4, 0.5) is 4.79 Å². The van der Waals surface area contributed by atoms with E-state index in [-0.39, 0.29) is 23.9 Å². The molecule has 0 aliphatic carbocycles. The van der Waals surface area contributed by atoms with Gasteiger partial charge in [0.2, 0.25) is 0 Å². The molecule has 0 bridgehead atoms. The lowest BCUT2D eigenvalue weighted by Crippen LogP contribution is -2.38. The Morgan fingerprint density at radius 1 is 1.13 bits per heavy atom. The third kappa shape index (κ3) is 7.18. The minimum atomic E-state index is -0.583. The summed E-state index contributed by atoms with van der Waals surface area (Å²) < 4.78 is 17.7. The molecule has 30 heavy (non-hydrogen) atoms. The summed E-state index contributed by atoms with van der Waals surface area (Å²) in [5, 5.41) is 0. The molecule has 2 atom stereocenters. The molecule has 2 rings (SSSR count). The highest BCUT2D eigenvalue weighted by molar-refractivity contribution is 9.10. The Morgan fingerprint density at radius 3 is 2.33 bits per heavy atom. The van der Waals surface area contributed by atoms with E-state index in [1.807, 2.05) is 59.7 Å². The zero-order chi connectivity index (χ0) is 22.7. The standard InChI is InChI=1S/C23H34BrNO5/c1-22(2,3)29-20(26)18(13-16-12-17(24)8-9-19(16)28-7)15-10-11-25(14-15)21(27)30-23(4,5)6/h8-9,12,15,18H,10-11,13-14H2,1-7H3/t15-,18-/m0/s1. The predicted molar refractivity (Wildman–Crippen MR) is 120 cm³/mol. The van der Waals surface area contributed by atoms with E-state index in [9.17, 15) is 9.59 Å². The maximum Gasteiger partial charge on any atom is 0.410 e. The first-order chi connectivity index (χ1) is 13.8. The van der Waals surface area contributed by atoms with Crippen molar-refractivity contribution in [1.29, 1.82) is 0 Å². The minimum Gasteiger partial charge on any atom is -0.496 e. The van der Waals surface area contributed by atoms with Crippen LogP contribution in [0.1, 0.15) is 53.5 Å². The van der Waals surface area contributed by atoms with Crippen molar-refractivity contribution in [3.63, 3.8) is 0 Å². The monoisotopic (exact) mass is 483 g/mol. The van der Waals surface area contributed by atoms with Crippen molar-refractivity contribution < 1.29 is 23.8 Å². The molecule has 0 N–H and O–H groups in total. The summed E-state index contributed by atoms with van der Waals surface area (Å²) in [6.45, 7) is 12.2. The van der Waals surface area contributed by atoms with Crippen LogP contribution in [0.3, 0.4) is 0 Å². The van der Waals surface area contributed by atoms with Gasteiger partial charge in [-0.3, -0.25) is 4.79 Å². The van der Waals surface area contributed by atoms with Gasteiger partial charge in [0.1, 0.15) is 17.0 Å². The second-order valence-electron chi connectivity index (χ2n) is 9.78. The van der Waals surface area contributed by atoms with Crippen molar-refractivity contribution >= 4 is 28.0 Å². The zero-order valence-electron chi connectivity index (χ0n) is 19.1. The van der Waals surface area contributed by atoms with Gasteiger partial charge in [-0.05, 0) is 84.1 Å². The molecule has 1 fully saturated rings. The van der Waals surface area contributed by atoms with Gasteiger partial charge in [-0.1, -0.05) is 15.9 Å². The summed E-state index contributed by atoms with van der Waals surface area (Å²) in [6, 6.07) is 5.76. The predicted octanol–water partition coefficient (Wildman–Crippen LogP) is 5.22. The molecule has 1 heterocycles. The summed E-state index contributed by atoms with van der Waals surface area (Å²) in [5.41, 5.74) is -0.206. The van der Waals surface area contributed by atoms with Gasteiger partial charge < -0.3 is 19.1 Å². The SMILES string of the molecule is COc1ccc(Br)cc1C[C@H](C(=O)OC(C)(C)C)[C@H]1CCN(C(=O)OC(C)(C)C)C1. The number of rotatable bonds is 5. The number of methoxy groups -OCH3 is 1. The minimum absolute atomic E-state index is 0.0175. The Kier molecular flexibility index (Phi) is 7.83. The summed E-state index contributed by atoms with van der Waals surface area (Å²) in [7, 11) is 1.62. The van der Waals surface area contributed by atoms with E-state index in [1.165, 1.54) is 0 Å².